The number of aliphatic hydroxyl groups excluding tert-OH is 2. The second-order valence-corrected chi connectivity index (χ2v) is 16.3. The van der Waals surface area contributed by atoms with Crippen LogP contribution in [0.25, 0.3) is 0 Å². The van der Waals surface area contributed by atoms with E-state index in [1.54, 1.807) is 24.9 Å². The first-order valence-corrected chi connectivity index (χ1v) is 21.3. The van der Waals surface area contributed by atoms with Crippen LogP contribution in [-0.2, 0) is 14.4 Å². The molecule has 2 aromatic rings. The maximum Gasteiger partial charge on any atom is 0.239 e. The molecule has 54 heavy (non-hydrogen) atoms. The molecule has 6 rings (SSSR count). The highest BCUT2D eigenvalue weighted by Crippen LogP contribution is 2.62. The number of nitrogens with zero attached hydrogens (tertiary/aromatic N) is 2. The van der Waals surface area contributed by atoms with Crippen molar-refractivity contribution >= 4 is 23.4 Å². The lowest BCUT2D eigenvalue weighted by atomic mass is 9.55. The molecule has 1 amide bonds. The number of allylic oxidation sites excluding steroid dienone is 1. The Morgan fingerprint density at radius 1 is 1.04 bits per heavy atom. The molecule has 294 valence electrons. The predicted molar refractivity (Wildman–Crippen MR) is 214 cm³/mol. The summed E-state index contributed by atoms with van der Waals surface area (Å²) in [6.07, 6.45) is 17.8. The van der Waals surface area contributed by atoms with Gasteiger partial charge < -0.3 is 34.2 Å². The van der Waals surface area contributed by atoms with Crippen LogP contribution in [0.15, 0.2) is 76.8 Å². The average molecular weight is 761 g/mol. The summed E-state index contributed by atoms with van der Waals surface area (Å²) in [7, 11) is 3.47. The summed E-state index contributed by atoms with van der Waals surface area (Å²) in [4.78, 5) is 22.8. The molecule has 1 heterocycles. The first kappa shape index (κ1) is 40.4. The quantitative estimate of drug-likeness (QED) is 0.0633. The van der Waals surface area contributed by atoms with Gasteiger partial charge in [-0.15, -0.1) is 18.3 Å². The summed E-state index contributed by atoms with van der Waals surface area (Å²) in [5.74, 6) is 1.54. The molecule has 4 aliphatic rings. The van der Waals surface area contributed by atoms with Crippen molar-refractivity contribution in [2.75, 3.05) is 40.2 Å². The number of aliphatic hydroxyl groups is 2. The van der Waals surface area contributed by atoms with E-state index in [0.29, 0.717) is 30.9 Å². The Morgan fingerprint density at radius 2 is 1.76 bits per heavy atom. The number of oxime groups is 1. The zero-order chi connectivity index (χ0) is 38.1. The zero-order valence-corrected chi connectivity index (χ0v) is 33.2. The minimum absolute atomic E-state index is 0.0806. The van der Waals surface area contributed by atoms with E-state index < -0.39 is 11.8 Å². The van der Waals surface area contributed by atoms with E-state index in [2.05, 4.69) is 42.3 Å². The molecular formula is C44H60N2O7S. The molecule has 2 N–H and O–H groups in total. The van der Waals surface area contributed by atoms with Crippen molar-refractivity contribution in [3.8, 4) is 17.2 Å². The van der Waals surface area contributed by atoms with Crippen LogP contribution in [0.3, 0.4) is 0 Å². The number of amides is 1. The third kappa shape index (κ3) is 8.72. The lowest BCUT2D eigenvalue weighted by Gasteiger charge is -2.59. The van der Waals surface area contributed by atoms with Crippen LogP contribution in [0.1, 0.15) is 95.0 Å². The number of ether oxygens (including phenoxy) is 3. The van der Waals surface area contributed by atoms with E-state index in [1.807, 2.05) is 36.2 Å². The van der Waals surface area contributed by atoms with Gasteiger partial charge in [0.1, 0.15) is 30.4 Å². The minimum Gasteiger partial charge on any atom is -0.459 e. The standard InChI is InChI=1S/C44H60N2O7S/c1-5-26-51-44-40(46(2)41(49)23-16-30-12-6-7-13-30)29-38(45-50-3)36-27-31(14-8-10-24-47)35(15-9-11-25-48)42(43(36)44)37-28-33(19-22-39(37)53-44)52-32-17-20-34(54-4)21-18-32/h5,17-22,27-28,30-31,35,40,42-43,47-48H,1,6-16,23-26,29H2,2-4H3. The Hall–Kier alpha value is -3.31. The molecule has 9 nitrogen and oxygen atoms in total. The summed E-state index contributed by atoms with van der Waals surface area (Å²) in [5.41, 5.74) is 2.88. The lowest BCUT2D eigenvalue weighted by Crippen LogP contribution is -2.69. The third-order valence-corrected chi connectivity index (χ3v) is 13.0. The maximum absolute atomic E-state index is 14.2. The maximum atomic E-state index is 14.2. The fourth-order valence-corrected chi connectivity index (χ4v) is 10.1. The van der Waals surface area contributed by atoms with Crippen molar-refractivity contribution < 1.29 is 34.1 Å². The van der Waals surface area contributed by atoms with E-state index in [4.69, 9.17) is 19.0 Å². The smallest absolute Gasteiger partial charge is 0.239 e. The van der Waals surface area contributed by atoms with Crippen molar-refractivity contribution in [2.45, 2.75) is 106 Å². The molecule has 10 heteroatoms. The van der Waals surface area contributed by atoms with Crippen LogP contribution < -0.4 is 9.47 Å². The average Bonchev–Trinajstić information content (AvgIpc) is 3.72. The van der Waals surface area contributed by atoms with Gasteiger partial charge in [0.25, 0.3) is 0 Å². The normalized spacial score (nSPS) is 26.7. The van der Waals surface area contributed by atoms with E-state index >= 15 is 0 Å². The molecule has 1 aliphatic heterocycles. The molecular weight excluding hydrogens is 701 g/mol. The Labute approximate surface area is 326 Å². The van der Waals surface area contributed by atoms with Crippen molar-refractivity contribution in [1.29, 1.82) is 0 Å². The van der Waals surface area contributed by atoms with Gasteiger partial charge in [-0.1, -0.05) is 55.8 Å². The van der Waals surface area contributed by atoms with Crippen LogP contribution in [0, 0.1) is 23.7 Å². The monoisotopic (exact) mass is 760 g/mol. The second kappa shape index (κ2) is 19.0. The lowest BCUT2D eigenvalue weighted by molar-refractivity contribution is -0.255. The number of likely N-dealkylation sites (N-methyl/N-ethyl adjacent to an activating group) is 1. The molecule has 6 unspecified atom stereocenters. The van der Waals surface area contributed by atoms with E-state index in [-0.39, 0.29) is 49.4 Å². The number of thioether (sulfide) groups is 1. The number of benzene rings is 2. The molecule has 0 aromatic heterocycles. The van der Waals surface area contributed by atoms with Crippen molar-refractivity contribution in [2.24, 2.45) is 28.8 Å². The fraction of sp³-hybridized carbons (Fsp3) is 0.591. The second-order valence-electron chi connectivity index (χ2n) is 15.4. The highest BCUT2D eigenvalue weighted by molar-refractivity contribution is 7.98. The van der Waals surface area contributed by atoms with Gasteiger partial charge in [0.2, 0.25) is 11.7 Å². The van der Waals surface area contributed by atoms with E-state index in [1.165, 1.54) is 30.6 Å². The number of unbranched alkanes of at least 4 members (excludes halogenated alkanes) is 2. The molecule has 0 radical (unpaired) electrons. The Bertz CT molecular complexity index is 1620. The summed E-state index contributed by atoms with van der Waals surface area (Å²) < 4.78 is 20.7. The molecule has 2 aromatic carbocycles. The molecule has 0 bridgehead atoms. The van der Waals surface area contributed by atoms with Crippen molar-refractivity contribution in [3.63, 3.8) is 0 Å². The molecule has 2 fully saturated rings. The van der Waals surface area contributed by atoms with Crippen LogP contribution in [0.5, 0.6) is 17.2 Å². The van der Waals surface area contributed by atoms with Crippen LogP contribution >= 0.6 is 11.8 Å². The molecule has 0 saturated heterocycles. The van der Waals surface area contributed by atoms with Gasteiger partial charge in [0, 0.05) is 49.5 Å². The van der Waals surface area contributed by atoms with Crippen LogP contribution in [-0.4, -0.2) is 78.8 Å². The van der Waals surface area contributed by atoms with Gasteiger partial charge in [0.15, 0.2) is 0 Å². The number of hydrogen-bond acceptors (Lipinski definition) is 9. The van der Waals surface area contributed by atoms with Crippen LogP contribution in [0.4, 0.5) is 0 Å². The zero-order valence-electron chi connectivity index (χ0n) is 32.4. The van der Waals surface area contributed by atoms with Gasteiger partial charge in [0.05, 0.1) is 18.2 Å². The number of fused-ring (bicyclic) bond motifs is 2. The van der Waals surface area contributed by atoms with Gasteiger partial charge in [-0.05, 0) is 104 Å². The molecule has 2 saturated carbocycles. The number of carbonyl (C=O) groups excluding carboxylic acids is 1. The van der Waals surface area contributed by atoms with Crippen molar-refractivity contribution in [1.82, 2.24) is 4.90 Å². The Morgan fingerprint density at radius 3 is 2.44 bits per heavy atom. The predicted octanol–water partition coefficient (Wildman–Crippen LogP) is 8.89. The Kier molecular flexibility index (Phi) is 14.2. The number of carbonyl (C=O) groups is 1. The first-order valence-electron chi connectivity index (χ1n) is 20.1. The fourth-order valence-electron chi connectivity index (χ4n) is 9.66. The SMILES string of the molecule is C=CCOC12Oc3ccc(Oc4ccc(SC)cc4)cc3C3C(CCCCO)C(CCCCO)C=C(C(=NOC)CC1N(C)C(=O)CCC1CCCC1)C32. The van der Waals surface area contributed by atoms with E-state index in [0.717, 1.165) is 66.9 Å². The Balaban J connectivity index is 1.49. The van der Waals surface area contributed by atoms with E-state index in [9.17, 15) is 15.0 Å². The number of rotatable bonds is 19. The topological polar surface area (TPSA) is 110 Å². The summed E-state index contributed by atoms with van der Waals surface area (Å²) in [6, 6.07) is 13.7. The van der Waals surface area contributed by atoms with Gasteiger partial charge >= 0.3 is 0 Å². The summed E-state index contributed by atoms with van der Waals surface area (Å²) in [5, 5.41) is 24.3. The summed E-state index contributed by atoms with van der Waals surface area (Å²) in [6.45, 7) is 4.55. The summed E-state index contributed by atoms with van der Waals surface area (Å²) >= 11 is 1.69. The van der Waals surface area contributed by atoms with Crippen molar-refractivity contribution in [3.05, 3.63) is 72.3 Å². The molecule has 3 aliphatic carbocycles. The highest BCUT2D eigenvalue weighted by atomic mass is 32.2. The largest absolute Gasteiger partial charge is 0.459 e. The number of hydrogen-bond donors (Lipinski definition) is 2. The van der Waals surface area contributed by atoms with Gasteiger partial charge in [-0.2, -0.15) is 0 Å². The van der Waals surface area contributed by atoms with Crippen LogP contribution in [0.2, 0.25) is 0 Å². The highest BCUT2D eigenvalue weighted by Gasteiger charge is 2.65. The van der Waals surface area contributed by atoms with Gasteiger partial charge in [-0.3, -0.25) is 4.79 Å². The first-order chi connectivity index (χ1) is 26.4. The minimum atomic E-state index is -1.23. The molecule has 6 atom stereocenters. The molecule has 0 spiro atoms. The van der Waals surface area contributed by atoms with Gasteiger partial charge in [-0.25, -0.2) is 0 Å². The third-order valence-electron chi connectivity index (χ3n) is 12.2.